The molecule has 1 aliphatic heterocycles. The lowest BCUT2D eigenvalue weighted by Gasteiger charge is -2.39. The first-order valence-electron chi connectivity index (χ1n) is 5.70. The first kappa shape index (κ1) is 20.6. The second-order valence-electron chi connectivity index (χ2n) is 4.40. The van der Waals surface area contributed by atoms with Crippen LogP contribution in [0.15, 0.2) is 0 Å². The van der Waals surface area contributed by atoms with Gasteiger partial charge in [-0.3, -0.25) is 12.5 Å². The van der Waals surface area contributed by atoms with Crippen LogP contribution in [0.5, 0.6) is 0 Å². The fourth-order valence-electron chi connectivity index (χ4n) is 1.92. The van der Waals surface area contributed by atoms with Crippen molar-refractivity contribution in [2.45, 2.75) is 37.8 Å². The number of hydrogen-bond donors (Lipinski definition) is 0. The van der Waals surface area contributed by atoms with Gasteiger partial charge in [-0.05, 0) is 6.92 Å². The molecule has 13 nitrogen and oxygen atoms in total. The van der Waals surface area contributed by atoms with Gasteiger partial charge in [0.05, 0.1) is 18.8 Å². The highest BCUT2D eigenvalue weighted by Crippen LogP contribution is 2.27. The Kier molecular flexibility index (Phi) is 6.47. The minimum absolute atomic E-state index is 0.596. The SMILES string of the molecule is CC1OC(COS(=O)(=O)[O-])CC(OS(=O)(=O)[O-])C1OS(=O)(=O)[O-]. The predicted octanol–water partition coefficient (Wildman–Crippen LogP) is -2.67. The molecule has 0 aromatic heterocycles. The summed E-state index contributed by atoms with van der Waals surface area (Å²) < 4.78 is 112. The van der Waals surface area contributed by atoms with E-state index >= 15 is 0 Å². The van der Waals surface area contributed by atoms with Crippen LogP contribution in [0.2, 0.25) is 0 Å². The van der Waals surface area contributed by atoms with Crippen LogP contribution in [0.25, 0.3) is 0 Å². The molecule has 1 rings (SSSR count). The second kappa shape index (κ2) is 7.21. The molecule has 0 aliphatic carbocycles. The van der Waals surface area contributed by atoms with Crippen molar-refractivity contribution in [2.75, 3.05) is 6.61 Å². The summed E-state index contributed by atoms with van der Waals surface area (Å²) >= 11 is 0. The summed E-state index contributed by atoms with van der Waals surface area (Å²) in [7, 11) is -15.7. The van der Waals surface area contributed by atoms with Crippen molar-refractivity contribution in [2.24, 2.45) is 0 Å². The number of ether oxygens (including phenoxy) is 1. The Morgan fingerprint density at radius 1 is 0.957 bits per heavy atom. The highest BCUT2D eigenvalue weighted by Gasteiger charge is 2.41. The maximum atomic E-state index is 10.7. The van der Waals surface area contributed by atoms with Gasteiger partial charge >= 0.3 is 0 Å². The monoisotopic (exact) mass is 399 g/mol. The third-order valence-electron chi connectivity index (χ3n) is 2.60. The van der Waals surface area contributed by atoms with Crippen LogP contribution in [0.3, 0.4) is 0 Å². The zero-order valence-electron chi connectivity index (χ0n) is 11.3. The quantitative estimate of drug-likeness (QED) is 0.316. The highest BCUT2D eigenvalue weighted by atomic mass is 32.3. The van der Waals surface area contributed by atoms with Gasteiger partial charge in [-0.25, -0.2) is 25.3 Å². The molecule has 0 amide bonds. The molecule has 1 saturated heterocycles. The van der Waals surface area contributed by atoms with Gasteiger partial charge in [0.2, 0.25) is 31.2 Å². The standard InChI is InChI=1S/C7H14O13S3/c1-4-7(20-23(14,15)16)6(19-22(11,12)13)2-5(18-4)3-17-21(8,9)10/h4-7H,2-3H2,1H3,(H,8,9,10)(H,11,12,13)(H,14,15,16)/p-3. The van der Waals surface area contributed by atoms with E-state index in [-0.39, 0.29) is 0 Å². The molecule has 1 heterocycles. The van der Waals surface area contributed by atoms with E-state index in [2.05, 4.69) is 12.5 Å². The van der Waals surface area contributed by atoms with Crippen LogP contribution in [-0.2, 0) is 48.5 Å². The molecule has 0 N–H and O–H groups in total. The molecule has 4 unspecified atom stereocenters. The molecule has 1 aliphatic rings. The fraction of sp³-hybridized carbons (Fsp3) is 1.00. The van der Waals surface area contributed by atoms with Crippen molar-refractivity contribution < 1.29 is 56.2 Å². The Hall–Kier alpha value is -0.430. The predicted molar refractivity (Wildman–Crippen MR) is 63.7 cm³/mol. The van der Waals surface area contributed by atoms with Crippen LogP contribution >= 0.6 is 0 Å². The molecule has 16 heteroatoms. The summed E-state index contributed by atoms with van der Waals surface area (Å²) in [6.07, 6.45) is -6.69. The van der Waals surface area contributed by atoms with E-state index < -0.39 is 68.6 Å². The zero-order valence-corrected chi connectivity index (χ0v) is 13.7. The Morgan fingerprint density at radius 3 is 1.91 bits per heavy atom. The van der Waals surface area contributed by atoms with Crippen molar-refractivity contribution in [3.8, 4) is 0 Å². The van der Waals surface area contributed by atoms with Gasteiger partial charge in [-0.1, -0.05) is 0 Å². The maximum Gasteiger partial charge on any atom is 0.218 e. The van der Waals surface area contributed by atoms with Crippen LogP contribution in [-0.4, -0.2) is 69.9 Å². The smallest absolute Gasteiger partial charge is 0.218 e. The lowest BCUT2D eigenvalue weighted by molar-refractivity contribution is -0.154. The minimum Gasteiger partial charge on any atom is -0.726 e. The summed E-state index contributed by atoms with van der Waals surface area (Å²) in [6, 6.07) is 0. The average Bonchev–Trinajstić information content (AvgIpc) is 2.27. The summed E-state index contributed by atoms with van der Waals surface area (Å²) in [6.45, 7) is 0.299. The van der Waals surface area contributed by atoms with E-state index in [0.717, 1.165) is 6.92 Å². The lowest BCUT2D eigenvalue weighted by Crippen LogP contribution is -2.52. The van der Waals surface area contributed by atoms with E-state index in [1.807, 2.05) is 0 Å². The van der Waals surface area contributed by atoms with Gasteiger partial charge in [0.25, 0.3) is 0 Å². The van der Waals surface area contributed by atoms with E-state index in [1.165, 1.54) is 0 Å². The molecular weight excluding hydrogens is 388 g/mol. The zero-order chi connectivity index (χ0) is 18.1. The Morgan fingerprint density at radius 2 is 1.48 bits per heavy atom. The molecule has 1 fully saturated rings. The largest absolute Gasteiger partial charge is 0.726 e. The fourth-order valence-corrected chi connectivity index (χ4v) is 3.28. The maximum absolute atomic E-state index is 10.7. The van der Waals surface area contributed by atoms with Crippen LogP contribution in [0.4, 0.5) is 0 Å². The van der Waals surface area contributed by atoms with Crippen molar-refractivity contribution in [3.63, 3.8) is 0 Å². The summed E-state index contributed by atoms with van der Waals surface area (Å²) in [5.41, 5.74) is 0. The minimum atomic E-state index is -5.31. The lowest BCUT2D eigenvalue weighted by atomic mass is 9.99. The van der Waals surface area contributed by atoms with Crippen LogP contribution < -0.4 is 0 Å². The van der Waals surface area contributed by atoms with E-state index in [1.54, 1.807) is 0 Å². The van der Waals surface area contributed by atoms with Crippen molar-refractivity contribution in [3.05, 3.63) is 0 Å². The van der Waals surface area contributed by atoms with Gasteiger partial charge in [-0.15, -0.1) is 0 Å². The number of rotatable bonds is 7. The van der Waals surface area contributed by atoms with Gasteiger partial charge in [0, 0.05) is 6.42 Å². The highest BCUT2D eigenvalue weighted by molar-refractivity contribution is 7.81. The van der Waals surface area contributed by atoms with Gasteiger partial charge in [-0.2, -0.15) is 0 Å². The third kappa shape index (κ3) is 8.29. The Bertz CT molecular complexity index is 707. The molecule has 4 atom stereocenters. The summed E-state index contributed by atoms with van der Waals surface area (Å²) in [5, 5.41) is 0. The van der Waals surface area contributed by atoms with Gasteiger partial charge < -0.3 is 18.4 Å². The van der Waals surface area contributed by atoms with Crippen LogP contribution in [0, 0.1) is 0 Å². The Balaban J connectivity index is 2.93. The molecule has 0 aromatic carbocycles. The first-order chi connectivity index (χ1) is 10.2. The Labute approximate surface area is 132 Å². The van der Waals surface area contributed by atoms with E-state index in [9.17, 15) is 38.9 Å². The van der Waals surface area contributed by atoms with E-state index in [0.29, 0.717) is 0 Å². The average molecular weight is 399 g/mol. The molecule has 0 radical (unpaired) electrons. The van der Waals surface area contributed by atoms with Crippen LogP contribution in [0.1, 0.15) is 13.3 Å². The van der Waals surface area contributed by atoms with Gasteiger partial charge in [0.1, 0.15) is 12.2 Å². The third-order valence-corrected chi connectivity index (χ3v) is 3.97. The number of hydrogen-bond acceptors (Lipinski definition) is 13. The molecular formula is C7H11O13S3-3. The van der Waals surface area contributed by atoms with Crippen molar-refractivity contribution in [1.29, 1.82) is 0 Å². The molecule has 0 spiro atoms. The molecule has 23 heavy (non-hydrogen) atoms. The van der Waals surface area contributed by atoms with Crippen molar-refractivity contribution in [1.82, 2.24) is 0 Å². The molecule has 0 bridgehead atoms. The normalized spacial score (nSPS) is 30.3. The summed E-state index contributed by atoms with van der Waals surface area (Å²) in [5.74, 6) is 0. The van der Waals surface area contributed by atoms with Crippen molar-refractivity contribution >= 4 is 31.2 Å². The summed E-state index contributed by atoms with van der Waals surface area (Å²) in [4.78, 5) is 0. The second-order valence-corrected chi connectivity index (χ2v) is 7.47. The van der Waals surface area contributed by atoms with E-state index in [4.69, 9.17) is 4.74 Å². The first-order valence-corrected chi connectivity index (χ1v) is 9.70. The topological polar surface area (TPSA) is 209 Å². The molecule has 0 saturated carbocycles. The molecule has 138 valence electrons. The molecule has 0 aromatic rings. The van der Waals surface area contributed by atoms with Gasteiger partial charge in [0.15, 0.2) is 0 Å².